The minimum atomic E-state index is -0.736. The zero-order valence-electron chi connectivity index (χ0n) is 10.8. The van der Waals surface area contributed by atoms with Gasteiger partial charge in [-0.1, -0.05) is 33.1 Å². The molecule has 3 unspecified atom stereocenters. The van der Waals surface area contributed by atoms with E-state index in [0.29, 0.717) is 0 Å². The third kappa shape index (κ3) is 2.97. The topological polar surface area (TPSA) is 52.3 Å². The van der Waals surface area contributed by atoms with Crippen LogP contribution in [0.4, 0.5) is 0 Å². The summed E-state index contributed by atoms with van der Waals surface area (Å²) >= 11 is 0. The van der Waals surface area contributed by atoms with Gasteiger partial charge < -0.3 is 10.5 Å². The number of rotatable bonds is 4. The zero-order chi connectivity index (χ0) is 12.2. The number of esters is 1. The molecule has 0 aromatic rings. The van der Waals surface area contributed by atoms with E-state index in [-0.39, 0.29) is 18.0 Å². The van der Waals surface area contributed by atoms with E-state index in [1.54, 1.807) is 0 Å². The van der Waals surface area contributed by atoms with Gasteiger partial charge in [-0.2, -0.15) is 0 Å². The van der Waals surface area contributed by atoms with E-state index < -0.39 is 5.54 Å². The van der Waals surface area contributed by atoms with Crippen molar-refractivity contribution in [1.82, 2.24) is 0 Å². The number of hydrogen-bond donors (Lipinski definition) is 1. The molecule has 2 N–H and O–H groups in total. The normalized spacial score (nSPS) is 32.1. The molecule has 0 amide bonds. The molecular weight excluding hydrogens is 202 g/mol. The molecule has 3 heteroatoms. The summed E-state index contributed by atoms with van der Waals surface area (Å²) in [5.41, 5.74) is 5.48. The Hall–Kier alpha value is -0.570. The van der Waals surface area contributed by atoms with Gasteiger partial charge in [-0.25, -0.2) is 0 Å². The Morgan fingerprint density at radius 3 is 2.81 bits per heavy atom. The van der Waals surface area contributed by atoms with Crippen LogP contribution in [0.3, 0.4) is 0 Å². The molecule has 0 radical (unpaired) electrons. The quantitative estimate of drug-likeness (QED) is 0.751. The summed E-state index contributed by atoms with van der Waals surface area (Å²) in [6.45, 7) is 6.09. The predicted octanol–water partition coefficient (Wildman–Crippen LogP) is 2.63. The first kappa shape index (κ1) is 13.5. The molecule has 1 saturated carbocycles. The number of hydrogen-bond acceptors (Lipinski definition) is 3. The molecule has 1 fully saturated rings. The van der Waals surface area contributed by atoms with Crippen LogP contribution in [0.2, 0.25) is 0 Å². The summed E-state index contributed by atoms with van der Waals surface area (Å²) in [6, 6.07) is 0. The van der Waals surface area contributed by atoms with Gasteiger partial charge in [0.15, 0.2) is 0 Å². The Labute approximate surface area is 98.7 Å². The van der Waals surface area contributed by atoms with E-state index in [1.807, 2.05) is 6.92 Å². The maximum absolute atomic E-state index is 12.1. The molecule has 0 aromatic heterocycles. The van der Waals surface area contributed by atoms with Crippen molar-refractivity contribution in [3.63, 3.8) is 0 Å². The molecule has 0 aromatic carbocycles. The van der Waals surface area contributed by atoms with E-state index in [9.17, 15) is 4.79 Å². The average Bonchev–Trinajstić information content (AvgIpc) is 2.22. The van der Waals surface area contributed by atoms with Gasteiger partial charge in [-0.05, 0) is 32.1 Å². The molecule has 0 bridgehead atoms. The Morgan fingerprint density at radius 2 is 2.25 bits per heavy atom. The highest BCUT2D eigenvalue weighted by Crippen LogP contribution is 2.32. The Kier molecular flexibility index (Phi) is 4.78. The molecule has 0 saturated heterocycles. The van der Waals surface area contributed by atoms with Gasteiger partial charge in [0.1, 0.15) is 5.54 Å². The molecule has 1 rings (SSSR count). The number of nitrogens with two attached hydrogens (primary N) is 1. The van der Waals surface area contributed by atoms with Gasteiger partial charge in [-0.3, -0.25) is 4.79 Å². The lowest BCUT2D eigenvalue weighted by atomic mass is 9.74. The second-order valence-electron chi connectivity index (χ2n) is 5.19. The highest BCUT2D eigenvalue weighted by atomic mass is 16.5. The molecule has 3 nitrogen and oxygen atoms in total. The summed E-state index contributed by atoms with van der Waals surface area (Å²) in [5, 5.41) is 0. The van der Waals surface area contributed by atoms with Crippen LogP contribution >= 0.6 is 0 Å². The van der Waals surface area contributed by atoms with E-state index in [0.717, 1.165) is 32.1 Å². The van der Waals surface area contributed by atoms with E-state index >= 15 is 0 Å². The number of carbonyl (C=O) groups excluding carboxylic acids is 1. The molecule has 1 aliphatic rings. The van der Waals surface area contributed by atoms with Crippen LogP contribution in [0.5, 0.6) is 0 Å². The van der Waals surface area contributed by atoms with Crippen molar-refractivity contribution in [3.05, 3.63) is 0 Å². The standard InChI is InChI=1S/C13H25NO2/c1-4-7-11(3)16-12(15)13(14)9-6-5-8-10(13)2/h10-11H,4-9,14H2,1-3H3. The second-order valence-corrected chi connectivity index (χ2v) is 5.19. The SMILES string of the molecule is CCCC(C)OC(=O)C1(N)CCCCC1C. The monoisotopic (exact) mass is 227 g/mol. The van der Waals surface area contributed by atoms with Gasteiger partial charge in [0.05, 0.1) is 6.10 Å². The van der Waals surface area contributed by atoms with Gasteiger partial charge in [0.25, 0.3) is 0 Å². The minimum absolute atomic E-state index is 0.00736. The summed E-state index contributed by atoms with van der Waals surface area (Å²) in [4.78, 5) is 12.1. The van der Waals surface area contributed by atoms with Gasteiger partial charge >= 0.3 is 5.97 Å². The van der Waals surface area contributed by atoms with E-state index in [2.05, 4.69) is 13.8 Å². The average molecular weight is 227 g/mol. The lowest BCUT2D eigenvalue weighted by Gasteiger charge is -2.37. The third-order valence-corrected chi connectivity index (χ3v) is 3.74. The maximum Gasteiger partial charge on any atom is 0.326 e. The van der Waals surface area contributed by atoms with Crippen molar-refractivity contribution in [2.45, 2.75) is 70.9 Å². The van der Waals surface area contributed by atoms with Crippen LogP contribution in [0.25, 0.3) is 0 Å². The molecule has 1 aliphatic carbocycles. The lowest BCUT2D eigenvalue weighted by molar-refractivity contribution is -0.158. The molecule has 0 spiro atoms. The highest BCUT2D eigenvalue weighted by Gasteiger charge is 2.43. The molecule has 16 heavy (non-hydrogen) atoms. The number of ether oxygens (including phenoxy) is 1. The Morgan fingerprint density at radius 1 is 1.56 bits per heavy atom. The van der Waals surface area contributed by atoms with Crippen LogP contribution in [-0.2, 0) is 9.53 Å². The molecule has 3 atom stereocenters. The molecule has 94 valence electrons. The largest absolute Gasteiger partial charge is 0.461 e. The lowest BCUT2D eigenvalue weighted by Crippen LogP contribution is -2.56. The van der Waals surface area contributed by atoms with E-state index in [4.69, 9.17) is 10.5 Å². The molecular formula is C13H25NO2. The highest BCUT2D eigenvalue weighted by molar-refractivity contribution is 5.81. The van der Waals surface area contributed by atoms with Crippen molar-refractivity contribution in [3.8, 4) is 0 Å². The van der Waals surface area contributed by atoms with E-state index in [1.165, 1.54) is 6.42 Å². The van der Waals surface area contributed by atoms with Crippen molar-refractivity contribution in [1.29, 1.82) is 0 Å². The van der Waals surface area contributed by atoms with Crippen LogP contribution in [0, 0.1) is 5.92 Å². The fraction of sp³-hybridized carbons (Fsp3) is 0.923. The van der Waals surface area contributed by atoms with Crippen molar-refractivity contribution in [2.24, 2.45) is 11.7 Å². The van der Waals surface area contributed by atoms with Crippen molar-refractivity contribution >= 4 is 5.97 Å². The minimum Gasteiger partial charge on any atom is -0.461 e. The summed E-state index contributed by atoms with van der Waals surface area (Å²) in [7, 11) is 0. The number of carbonyl (C=O) groups is 1. The summed E-state index contributed by atoms with van der Waals surface area (Å²) < 4.78 is 5.44. The first-order chi connectivity index (χ1) is 7.50. The van der Waals surface area contributed by atoms with Crippen molar-refractivity contribution in [2.75, 3.05) is 0 Å². The summed E-state index contributed by atoms with van der Waals surface area (Å²) in [5.74, 6) is 0.0447. The first-order valence-electron chi connectivity index (χ1n) is 6.50. The van der Waals surface area contributed by atoms with Crippen LogP contribution in [-0.4, -0.2) is 17.6 Å². The van der Waals surface area contributed by atoms with Gasteiger partial charge in [0.2, 0.25) is 0 Å². The van der Waals surface area contributed by atoms with Crippen LogP contribution in [0.1, 0.15) is 59.3 Å². The maximum atomic E-state index is 12.1. The zero-order valence-corrected chi connectivity index (χ0v) is 10.8. The smallest absolute Gasteiger partial charge is 0.326 e. The third-order valence-electron chi connectivity index (χ3n) is 3.74. The fourth-order valence-corrected chi connectivity index (χ4v) is 2.43. The second kappa shape index (κ2) is 5.67. The Balaban J connectivity index is 2.56. The Bertz CT molecular complexity index is 242. The van der Waals surface area contributed by atoms with Gasteiger partial charge in [0, 0.05) is 0 Å². The summed E-state index contributed by atoms with van der Waals surface area (Å²) in [6.07, 6.45) is 5.96. The van der Waals surface area contributed by atoms with Crippen molar-refractivity contribution < 1.29 is 9.53 Å². The van der Waals surface area contributed by atoms with Crippen LogP contribution < -0.4 is 5.73 Å². The first-order valence-corrected chi connectivity index (χ1v) is 6.50. The predicted molar refractivity (Wildman–Crippen MR) is 65.0 cm³/mol. The van der Waals surface area contributed by atoms with Gasteiger partial charge in [-0.15, -0.1) is 0 Å². The van der Waals surface area contributed by atoms with Crippen LogP contribution in [0.15, 0.2) is 0 Å². The molecule has 0 aliphatic heterocycles. The fourth-order valence-electron chi connectivity index (χ4n) is 2.43. The molecule has 0 heterocycles.